The van der Waals surface area contributed by atoms with E-state index >= 15 is 0 Å². The minimum atomic E-state index is -3.64. The zero-order valence-corrected chi connectivity index (χ0v) is 23.3. The van der Waals surface area contributed by atoms with Gasteiger partial charge in [0.2, 0.25) is 10.0 Å². The van der Waals surface area contributed by atoms with Crippen LogP contribution in [0.25, 0.3) is 17.1 Å². The zero-order valence-electron chi connectivity index (χ0n) is 21.7. The normalized spacial score (nSPS) is 11.5. The van der Waals surface area contributed by atoms with Gasteiger partial charge in [0.15, 0.2) is 16.8 Å². The molecule has 0 atom stereocenters. The van der Waals surface area contributed by atoms with Crippen LogP contribution in [0.1, 0.15) is 22.8 Å². The molecule has 11 heteroatoms. The molecule has 0 amide bonds. The van der Waals surface area contributed by atoms with Gasteiger partial charge in [-0.3, -0.25) is 9.36 Å². The Bertz CT molecular complexity index is 1580. The lowest BCUT2D eigenvalue weighted by Crippen LogP contribution is -2.22. The van der Waals surface area contributed by atoms with Crippen molar-refractivity contribution in [2.45, 2.75) is 22.7 Å². The van der Waals surface area contributed by atoms with Crippen molar-refractivity contribution in [3.8, 4) is 28.6 Å². The Hall–Kier alpha value is -3.67. The first-order valence-electron chi connectivity index (χ1n) is 11.6. The number of hydrogen-bond donors (Lipinski definition) is 0. The second-order valence-electron chi connectivity index (χ2n) is 8.53. The Labute approximate surface area is 226 Å². The number of Topliss-reactive ketones (excluding diaryl/α,β-unsaturated/α-hetero) is 1. The van der Waals surface area contributed by atoms with Crippen molar-refractivity contribution in [3.05, 3.63) is 77.9 Å². The topological polar surface area (TPSA) is 104 Å². The smallest absolute Gasteiger partial charge is 0.242 e. The van der Waals surface area contributed by atoms with Crippen LogP contribution in [0.15, 0.2) is 76.8 Å². The first-order chi connectivity index (χ1) is 18.1. The zero-order chi connectivity index (χ0) is 27.4. The highest BCUT2D eigenvalue weighted by Gasteiger charge is 2.22. The number of rotatable bonds is 10. The number of carbonyl (C=O) groups excluding carboxylic acids is 1. The number of nitrogens with zero attached hydrogens (tertiary/aromatic N) is 4. The molecule has 1 heterocycles. The van der Waals surface area contributed by atoms with E-state index in [0.717, 1.165) is 11.3 Å². The van der Waals surface area contributed by atoms with E-state index < -0.39 is 10.0 Å². The van der Waals surface area contributed by atoms with Crippen LogP contribution < -0.4 is 9.47 Å². The van der Waals surface area contributed by atoms with Crippen LogP contribution in [0.3, 0.4) is 0 Å². The Morgan fingerprint density at radius 2 is 1.74 bits per heavy atom. The van der Waals surface area contributed by atoms with Crippen molar-refractivity contribution in [2.75, 3.05) is 28.3 Å². The van der Waals surface area contributed by atoms with E-state index in [9.17, 15) is 13.2 Å². The van der Waals surface area contributed by atoms with Gasteiger partial charge in [0.25, 0.3) is 0 Å². The molecule has 0 fully saturated rings. The summed E-state index contributed by atoms with van der Waals surface area (Å²) in [7, 11) is 2.51. The Morgan fingerprint density at radius 1 is 0.974 bits per heavy atom. The van der Waals surface area contributed by atoms with Gasteiger partial charge in [-0.1, -0.05) is 30.0 Å². The molecule has 0 aliphatic heterocycles. The number of carbonyl (C=O) groups is 1. The predicted molar refractivity (Wildman–Crippen MR) is 147 cm³/mol. The number of thioether (sulfide) groups is 1. The number of ketones is 1. The van der Waals surface area contributed by atoms with Crippen LogP contribution in [-0.2, 0) is 15.8 Å². The minimum absolute atomic E-state index is 0.0340. The second kappa shape index (κ2) is 11.4. The summed E-state index contributed by atoms with van der Waals surface area (Å²) < 4.78 is 39.5. The maximum atomic E-state index is 12.8. The van der Waals surface area contributed by atoms with Gasteiger partial charge in [0, 0.05) is 42.6 Å². The molecule has 198 valence electrons. The van der Waals surface area contributed by atoms with E-state index in [1.165, 1.54) is 37.1 Å². The number of ether oxygens (including phenoxy) is 2. The van der Waals surface area contributed by atoms with Crippen molar-refractivity contribution in [3.63, 3.8) is 0 Å². The van der Waals surface area contributed by atoms with Gasteiger partial charge in [-0.15, -0.1) is 10.2 Å². The fourth-order valence-corrected chi connectivity index (χ4v) is 5.67. The number of benzene rings is 3. The molecule has 0 aliphatic carbocycles. The summed E-state index contributed by atoms with van der Waals surface area (Å²) >= 11 is 1.42. The lowest BCUT2D eigenvalue weighted by Gasteiger charge is -2.14. The molecule has 0 N–H and O–H groups in total. The van der Waals surface area contributed by atoms with Crippen molar-refractivity contribution in [1.82, 2.24) is 19.1 Å². The van der Waals surface area contributed by atoms with Crippen molar-refractivity contribution in [2.24, 2.45) is 0 Å². The van der Waals surface area contributed by atoms with Crippen molar-refractivity contribution in [1.29, 1.82) is 0 Å². The third-order valence-electron chi connectivity index (χ3n) is 5.86. The molecule has 0 aliphatic rings. The van der Waals surface area contributed by atoms with Crippen LogP contribution in [-0.4, -0.2) is 61.6 Å². The third-order valence-corrected chi connectivity index (χ3v) is 8.65. The molecule has 0 saturated carbocycles. The molecule has 9 nitrogen and oxygen atoms in total. The fourth-order valence-electron chi connectivity index (χ4n) is 3.79. The quantitative estimate of drug-likeness (QED) is 0.206. The van der Waals surface area contributed by atoms with Crippen molar-refractivity contribution >= 4 is 27.6 Å². The SMILES string of the molecule is COc1cccc(-n2c(SCc3cc(C(C)=O)ccc3OC)nnc2-c2cccc(S(=O)(=O)N(C)C)c2)c1. The predicted octanol–water partition coefficient (Wildman–Crippen LogP) is 4.70. The molecule has 4 rings (SSSR count). The van der Waals surface area contributed by atoms with E-state index in [1.54, 1.807) is 50.6 Å². The monoisotopic (exact) mass is 552 g/mol. The number of hydrogen-bond acceptors (Lipinski definition) is 8. The molecular formula is C27H28N4O5S2. The first-order valence-corrected chi connectivity index (χ1v) is 14.0. The highest BCUT2D eigenvalue weighted by Crippen LogP contribution is 2.34. The molecule has 3 aromatic carbocycles. The van der Waals surface area contributed by atoms with E-state index in [0.29, 0.717) is 39.4 Å². The molecule has 38 heavy (non-hydrogen) atoms. The van der Waals surface area contributed by atoms with E-state index in [1.807, 2.05) is 34.9 Å². The summed E-state index contributed by atoms with van der Waals surface area (Å²) in [6, 6.07) is 19.4. The lowest BCUT2D eigenvalue weighted by molar-refractivity contribution is 0.101. The van der Waals surface area contributed by atoms with Crippen LogP contribution in [0.4, 0.5) is 0 Å². The van der Waals surface area contributed by atoms with E-state index in [-0.39, 0.29) is 10.7 Å². The number of methoxy groups -OCH3 is 2. The maximum absolute atomic E-state index is 12.8. The molecule has 1 aromatic heterocycles. The van der Waals surface area contributed by atoms with Gasteiger partial charge < -0.3 is 9.47 Å². The summed E-state index contributed by atoms with van der Waals surface area (Å²) in [6.07, 6.45) is 0. The van der Waals surface area contributed by atoms with Gasteiger partial charge in [-0.25, -0.2) is 12.7 Å². The summed E-state index contributed by atoms with van der Waals surface area (Å²) in [6.45, 7) is 1.52. The van der Waals surface area contributed by atoms with Crippen LogP contribution in [0.2, 0.25) is 0 Å². The lowest BCUT2D eigenvalue weighted by atomic mass is 10.1. The number of aromatic nitrogens is 3. The standard InChI is InChI=1S/C27H28N4O5S2/c1-18(32)19-12-13-25(36-5)21(14-19)17-37-27-29-28-26(31(27)22-9-7-10-23(16-22)35-4)20-8-6-11-24(15-20)38(33,34)30(2)3/h6-16H,17H2,1-5H3. The van der Waals surface area contributed by atoms with Gasteiger partial charge in [0.1, 0.15) is 11.5 Å². The highest BCUT2D eigenvalue weighted by molar-refractivity contribution is 7.98. The Kier molecular flexibility index (Phi) is 8.20. The highest BCUT2D eigenvalue weighted by atomic mass is 32.2. The molecule has 0 unspecified atom stereocenters. The molecule has 0 spiro atoms. The average Bonchev–Trinajstić information content (AvgIpc) is 3.35. The van der Waals surface area contributed by atoms with Crippen LogP contribution in [0, 0.1) is 0 Å². The Balaban J connectivity index is 1.81. The fraction of sp³-hybridized carbons (Fsp3) is 0.222. The Morgan fingerprint density at radius 3 is 2.42 bits per heavy atom. The summed E-state index contributed by atoms with van der Waals surface area (Å²) in [5.41, 5.74) is 2.77. The van der Waals surface area contributed by atoms with Gasteiger partial charge in [-0.05, 0) is 49.4 Å². The molecule has 0 radical (unpaired) electrons. The van der Waals surface area contributed by atoms with Crippen molar-refractivity contribution < 1.29 is 22.7 Å². The number of sulfonamides is 1. The summed E-state index contributed by atoms with van der Waals surface area (Å²) in [5.74, 6) is 2.21. The summed E-state index contributed by atoms with van der Waals surface area (Å²) in [5, 5.41) is 9.46. The first kappa shape index (κ1) is 27.4. The largest absolute Gasteiger partial charge is 0.497 e. The minimum Gasteiger partial charge on any atom is -0.497 e. The van der Waals surface area contributed by atoms with Crippen LogP contribution >= 0.6 is 11.8 Å². The summed E-state index contributed by atoms with van der Waals surface area (Å²) in [4.78, 5) is 12.1. The van der Waals surface area contributed by atoms with Gasteiger partial charge in [-0.2, -0.15) is 0 Å². The maximum Gasteiger partial charge on any atom is 0.242 e. The molecular weight excluding hydrogens is 524 g/mol. The van der Waals surface area contributed by atoms with Gasteiger partial charge in [0.05, 0.1) is 24.8 Å². The average molecular weight is 553 g/mol. The van der Waals surface area contributed by atoms with E-state index in [2.05, 4.69) is 10.2 Å². The molecule has 4 aromatic rings. The second-order valence-corrected chi connectivity index (χ2v) is 11.6. The van der Waals surface area contributed by atoms with E-state index in [4.69, 9.17) is 9.47 Å². The molecule has 0 saturated heterocycles. The molecule has 0 bridgehead atoms. The van der Waals surface area contributed by atoms with Crippen LogP contribution in [0.5, 0.6) is 11.5 Å². The third kappa shape index (κ3) is 5.59. The van der Waals surface area contributed by atoms with Gasteiger partial charge >= 0.3 is 0 Å².